The summed E-state index contributed by atoms with van der Waals surface area (Å²) in [5.41, 5.74) is 12.0. The Hall–Kier alpha value is -7.82. The van der Waals surface area contributed by atoms with E-state index in [-0.39, 0.29) is 0 Å². The fraction of sp³-hybridized carbons (Fsp3) is 0. The summed E-state index contributed by atoms with van der Waals surface area (Å²) < 4.78 is 4.83. The molecule has 12 aromatic rings. The second-order valence-electron chi connectivity index (χ2n) is 15.0. The summed E-state index contributed by atoms with van der Waals surface area (Å²) in [4.78, 5) is 10.2. The monoisotopic (exact) mass is 738 g/mol. The summed E-state index contributed by atoms with van der Waals surface area (Å²) in [5.74, 6) is 0.712. The van der Waals surface area contributed by atoms with Crippen LogP contribution in [0.5, 0.6) is 0 Å². The SMILES string of the molecule is c1ccc(-c2nc(-c3ccc4ccccc4c3)cc(-c3ccc4cc(-n5c6ccccc6c6c7c8ccccc8n(-c8ccccc8)c7ccc65)ccc4c3)n2)cc1. The van der Waals surface area contributed by atoms with Gasteiger partial charge in [-0.05, 0) is 88.3 Å². The molecule has 0 saturated carbocycles. The predicted octanol–water partition coefficient (Wildman–Crippen LogP) is 14.0. The number of hydrogen-bond acceptors (Lipinski definition) is 2. The van der Waals surface area contributed by atoms with Gasteiger partial charge in [-0.15, -0.1) is 0 Å². The van der Waals surface area contributed by atoms with Gasteiger partial charge in [-0.1, -0.05) is 140 Å². The van der Waals surface area contributed by atoms with E-state index in [2.05, 4.69) is 197 Å². The highest BCUT2D eigenvalue weighted by molar-refractivity contribution is 6.29. The molecule has 3 aromatic heterocycles. The van der Waals surface area contributed by atoms with Crippen molar-refractivity contribution >= 4 is 65.2 Å². The molecule has 0 radical (unpaired) electrons. The highest BCUT2D eigenvalue weighted by atomic mass is 15.0. The molecule has 0 atom stereocenters. The first-order chi connectivity index (χ1) is 28.7. The van der Waals surface area contributed by atoms with Crippen LogP contribution in [0.3, 0.4) is 0 Å². The van der Waals surface area contributed by atoms with Gasteiger partial charge in [0.1, 0.15) is 0 Å². The Morgan fingerprint density at radius 2 is 0.776 bits per heavy atom. The Bertz CT molecular complexity index is 3560. The maximum absolute atomic E-state index is 5.15. The highest BCUT2D eigenvalue weighted by Gasteiger charge is 2.20. The van der Waals surface area contributed by atoms with Crippen LogP contribution in [0, 0.1) is 0 Å². The third kappa shape index (κ3) is 5.09. The number of benzene rings is 9. The van der Waals surface area contributed by atoms with Crippen LogP contribution in [0.4, 0.5) is 0 Å². The smallest absolute Gasteiger partial charge is 0.160 e. The lowest BCUT2D eigenvalue weighted by atomic mass is 10.0. The number of hydrogen-bond donors (Lipinski definition) is 0. The lowest BCUT2D eigenvalue weighted by molar-refractivity contribution is 1.17. The van der Waals surface area contributed by atoms with Crippen molar-refractivity contribution in [2.24, 2.45) is 0 Å². The van der Waals surface area contributed by atoms with Crippen molar-refractivity contribution in [3.8, 4) is 45.3 Å². The van der Waals surface area contributed by atoms with Gasteiger partial charge >= 0.3 is 0 Å². The molecule has 0 fully saturated rings. The van der Waals surface area contributed by atoms with Gasteiger partial charge in [0.25, 0.3) is 0 Å². The topological polar surface area (TPSA) is 35.6 Å². The van der Waals surface area contributed by atoms with Gasteiger partial charge in [-0.2, -0.15) is 0 Å². The van der Waals surface area contributed by atoms with Crippen molar-refractivity contribution in [2.45, 2.75) is 0 Å². The molecular formula is C54H34N4. The second-order valence-corrected chi connectivity index (χ2v) is 15.0. The third-order valence-corrected chi connectivity index (χ3v) is 11.7. The molecule has 0 aliphatic rings. The molecule has 0 aliphatic heterocycles. The number of nitrogens with zero attached hydrogens (tertiary/aromatic N) is 4. The van der Waals surface area contributed by atoms with Crippen molar-refractivity contribution < 1.29 is 0 Å². The molecular weight excluding hydrogens is 705 g/mol. The van der Waals surface area contributed by atoms with Crippen molar-refractivity contribution in [3.63, 3.8) is 0 Å². The van der Waals surface area contributed by atoms with Crippen LogP contribution in [0.2, 0.25) is 0 Å². The van der Waals surface area contributed by atoms with Crippen LogP contribution >= 0.6 is 0 Å². The fourth-order valence-electron chi connectivity index (χ4n) is 8.99. The predicted molar refractivity (Wildman–Crippen MR) is 242 cm³/mol. The van der Waals surface area contributed by atoms with E-state index in [9.17, 15) is 0 Å². The van der Waals surface area contributed by atoms with Crippen LogP contribution in [-0.2, 0) is 0 Å². The minimum atomic E-state index is 0.712. The number of para-hydroxylation sites is 3. The average molecular weight is 739 g/mol. The third-order valence-electron chi connectivity index (χ3n) is 11.7. The van der Waals surface area contributed by atoms with Crippen molar-refractivity contribution in [3.05, 3.63) is 206 Å². The van der Waals surface area contributed by atoms with Gasteiger partial charge in [0.05, 0.1) is 33.5 Å². The summed E-state index contributed by atoms with van der Waals surface area (Å²) >= 11 is 0. The van der Waals surface area contributed by atoms with Crippen LogP contribution in [-0.4, -0.2) is 19.1 Å². The van der Waals surface area contributed by atoms with E-state index in [1.54, 1.807) is 0 Å². The molecule has 58 heavy (non-hydrogen) atoms. The van der Waals surface area contributed by atoms with Gasteiger partial charge < -0.3 is 9.13 Å². The molecule has 0 N–H and O–H groups in total. The largest absolute Gasteiger partial charge is 0.309 e. The van der Waals surface area contributed by atoms with Crippen LogP contribution in [0.1, 0.15) is 0 Å². The lowest BCUT2D eigenvalue weighted by Crippen LogP contribution is -1.96. The summed E-state index contributed by atoms with van der Waals surface area (Å²) in [7, 11) is 0. The number of rotatable bonds is 5. The minimum absolute atomic E-state index is 0.712. The first-order valence-electron chi connectivity index (χ1n) is 19.7. The van der Waals surface area contributed by atoms with Crippen molar-refractivity contribution in [1.82, 2.24) is 19.1 Å². The summed E-state index contributed by atoms with van der Waals surface area (Å²) in [5, 5.41) is 9.77. The highest BCUT2D eigenvalue weighted by Crippen LogP contribution is 2.42. The summed E-state index contributed by atoms with van der Waals surface area (Å²) in [6.45, 7) is 0. The maximum Gasteiger partial charge on any atom is 0.160 e. The second kappa shape index (κ2) is 12.9. The molecule has 0 saturated heterocycles. The molecule has 9 aromatic carbocycles. The van der Waals surface area contributed by atoms with Gasteiger partial charge in [-0.3, -0.25) is 0 Å². The first kappa shape index (κ1) is 32.4. The maximum atomic E-state index is 5.15. The molecule has 4 heteroatoms. The zero-order chi connectivity index (χ0) is 38.2. The minimum Gasteiger partial charge on any atom is -0.309 e. The van der Waals surface area contributed by atoms with Crippen molar-refractivity contribution in [1.29, 1.82) is 0 Å². The first-order valence-corrected chi connectivity index (χ1v) is 19.7. The Balaban J connectivity index is 1.01. The van der Waals surface area contributed by atoms with E-state index in [0.717, 1.165) is 44.8 Å². The molecule has 0 unspecified atom stereocenters. The molecule has 12 rings (SSSR count). The van der Waals surface area contributed by atoms with E-state index in [0.29, 0.717) is 5.82 Å². The fourth-order valence-corrected chi connectivity index (χ4v) is 8.99. The van der Waals surface area contributed by atoms with Gasteiger partial charge in [0.2, 0.25) is 0 Å². The van der Waals surface area contributed by atoms with Crippen LogP contribution in [0.15, 0.2) is 206 Å². The zero-order valence-electron chi connectivity index (χ0n) is 31.4. The molecule has 4 nitrogen and oxygen atoms in total. The van der Waals surface area contributed by atoms with Crippen molar-refractivity contribution in [2.75, 3.05) is 0 Å². The number of aromatic nitrogens is 4. The Kier molecular flexibility index (Phi) is 7.20. The van der Waals surface area contributed by atoms with Gasteiger partial charge in [-0.25, -0.2) is 9.97 Å². The van der Waals surface area contributed by atoms with Gasteiger partial charge in [0.15, 0.2) is 5.82 Å². The van der Waals surface area contributed by atoms with E-state index in [4.69, 9.17) is 9.97 Å². The van der Waals surface area contributed by atoms with E-state index in [1.807, 2.05) is 18.2 Å². The van der Waals surface area contributed by atoms with Crippen LogP contribution < -0.4 is 0 Å². The molecule has 0 aliphatic carbocycles. The molecule has 0 spiro atoms. The molecule has 270 valence electrons. The van der Waals surface area contributed by atoms with E-state index < -0.39 is 0 Å². The average Bonchev–Trinajstić information content (AvgIpc) is 3.82. The van der Waals surface area contributed by atoms with E-state index in [1.165, 1.54) is 59.8 Å². The normalized spacial score (nSPS) is 11.8. The Morgan fingerprint density at radius 1 is 0.293 bits per heavy atom. The van der Waals surface area contributed by atoms with Crippen LogP contribution in [0.25, 0.3) is 110 Å². The summed E-state index contributed by atoms with van der Waals surface area (Å²) in [6, 6.07) is 73.8. The molecule has 0 amide bonds. The molecule has 3 heterocycles. The standard InChI is InChI=1S/C54H34N4/c1-3-14-36(15-4-1)54-55-46(40-25-23-35-13-7-8-16-37(35)31-40)34-47(56-54)41-26-24-39-33-43(28-27-38(39)32-41)58-49-22-12-10-20-45(49)53-51(58)30-29-50-52(53)44-19-9-11-21-48(44)57(50)42-17-5-2-6-18-42/h1-34H. The Labute approximate surface area is 334 Å². The zero-order valence-corrected chi connectivity index (χ0v) is 31.4. The van der Waals surface area contributed by atoms with E-state index >= 15 is 0 Å². The van der Waals surface area contributed by atoms with Gasteiger partial charge in [0, 0.05) is 49.6 Å². The summed E-state index contributed by atoms with van der Waals surface area (Å²) in [6.07, 6.45) is 0. The lowest BCUT2D eigenvalue weighted by Gasteiger charge is -2.12. The molecule has 0 bridgehead atoms. The number of fused-ring (bicyclic) bond motifs is 9. The Morgan fingerprint density at radius 3 is 1.43 bits per heavy atom. The quantitative estimate of drug-likeness (QED) is 0.176.